The van der Waals surface area contributed by atoms with E-state index >= 15 is 0 Å². The lowest BCUT2D eigenvalue weighted by atomic mass is 9.91. The molecule has 2 aromatic rings. The van der Waals surface area contributed by atoms with Crippen molar-refractivity contribution in [2.45, 2.75) is 25.4 Å². The van der Waals surface area contributed by atoms with E-state index in [9.17, 15) is 14.7 Å². The molecule has 2 fully saturated rings. The number of nitrogens with zero attached hydrogens (tertiary/aromatic N) is 6. The van der Waals surface area contributed by atoms with E-state index < -0.39 is 5.60 Å². The van der Waals surface area contributed by atoms with Gasteiger partial charge in [-0.1, -0.05) is 23.7 Å². The fourth-order valence-electron chi connectivity index (χ4n) is 4.23. The van der Waals surface area contributed by atoms with Gasteiger partial charge >= 0.3 is 0 Å². The summed E-state index contributed by atoms with van der Waals surface area (Å²) in [5.41, 5.74) is 0.694. The first-order valence-corrected chi connectivity index (χ1v) is 11.9. The summed E-state index contributed by atoms with van der Waals surface area (Å²) in [7, 11) is 0. The molecule has 1 aromatic heterocycles. The number of halogens is 1. The van der Waals surface area contributed by atoms with Gasteiger partial charge in [-0.05, 0) is 25.0 Å². The molecule has 2 amide bonds. The molecule has 11 heteroatoms. The number of carbonyl (C=O) groups is 2. The third kappa shape index (κ3) is 6.19. The van der Waals surface area contributed by atoms with Crippen molar-refractivity contribution in [2.24, 2.45) is 0 Å². The average molecular weight is 488 g/mol. The highest BCUT2D eigenvalue weighted by molar-refractivity contribution is 6.30. The number of hydrogen-bond acceptors (Lipinski definition) is 8. The van der Waals surface area contributed by atoms with Crippen LogP contribution in [0.2, 0.25) is 5.02 Å². The molecule has 2 saturated heterocycles. The van der Waals surface area contributed by atoms with E-state index in [1.54, 1.807) is 11.1 Å². The van der Waals surface area contributed by atoms with Crippen LogP contribution in [0.15, 0.2) is 30.5 Å². The predicted octanol–water partition coefficient (Wildman–Crippen LogP) is 0.804. The second kappa shape index (κ2) is 10.6. The van der Waals surface area contributed by atoms with Crippen molar-refractivity contribution >= 4 is 29.4 Å². The van der Waals surface area contributed by atoms with E-state index in [-0.39, 0.29) is 24.9 Å². The second-order valence-corrected chi connectivity index (χ2v) is 9.36. The normalized spacial score (nSPS) is 18.6. The third-order valence-corrected chi connectivity index (χ3v) is 6.72. The first kappa shape index (κ1) is 24.3. The quantitative estimate of drug-likeness (QED) is 0.615. The second-order valence-electron chi connectivity index (χ2n) is 8.92. The molecule has 2 aliphatic heterocycles. The first-order valence-electron chi connectivity index (χ1n) is 11.5. The molecule has 0 unspecified atom stereocenters. The van der Waals surface area contributed by atoms with Gasteiger partial charge in [0.2, 0.25) is 17.8 Å². The molecular weight excluding hydrogens is 458 g/mol. The van der Waals surface area contributed by atoms with E-state index in [1.807, 2.05) is 24.3 Å². The number of likely N-dealkylation sites (tertiary alicyclic amines) is 1. The number of aliphatic hydroxyl groups is 1. The van der Waals surface area contributed by atoms with Crippen molar-refractivity contribution < 1.29 is 14.7 Å². The summed E-state index contributed by atoms with van der Waals surface area (Å²) in [6.45, 7) is 5.79. The van der Waals surface area contributed by atoms with Gasteiger partial charge in [-0.25, -0.2) is 4.98 Å². The Balaban J connectivity index is 1.23. The van der Waals surface area contributed by atoms with Gasteiger partial charge in [0.1, 0.15) is 0 Å². The summed E-state index contributed by atoms with van der Waals surface area (Å²) in [5.74, 6) is 0.470. The number of carbonyl (C=O) groups excluding carboxylic acids is 2. The van der Waals surface area contributed by atoms with Crippen molar-refractivity contribution in [3.05, 3.63) is 35.5 Å². The maximum atomic E-state index is 12.5. The molecule has 0 radical (unpaired) electrons. The van der Waals surface area contributed by atoms with Crippen LogP contribution in [0.25, 0.3) is 11.3 Å². The molecule has 0 spiro atoms. The number of hydrogen-bond donors (Lipinski definition) is 2. The minimum Gasteiger partial charge on any atom is -0.388 e. The van der Waals surface area contributed by atoms with Gasteiger partial charge in [0.15, 0.2) is 0 Å². The van der Waals surface area contributed by atoms with Crippen LogP contribution in [-0.4, -0.2) is 99.9 Å². The Kier molecular flexibility index (Phi) is 7.60. The van der Waals surface area contributed by atoms with E-state index in [2.05, 4.69) is 30.3 Å². The Morgan fingerprint density at radius 2 is 1.76 bits per heavy atom. The van der Waals surface area contributed by atoms with Gasteiger partial charge in [-0.2, -0.15) is 5.10 Å². The topological polar surface area (TPSA) is 115 Å². The monoisotopic (exact) mass is 487 g/mol. The Bertz CT molecular complexity index is 1000. The van der Waals surface area contributed by atoms with Crippen LogP contribution >= 0.6 is 11.6 Å². The van der Waals surface area contributed by atoms with E-state index in [0.717, 1.165) is 11.3 Å². The fraction of sp³-hybridized carbons (Fsp3) is 0.522. The van der Waals surface area contributed by atoms with Crippen LogP contribution in [0.5, 0.6) is 0 Å². The van der Waals surface area contributed by atoms with Crippen molar-refractivity contribution in [2.75, 3.05) is 57.3 Å². The lowest BCUT2D eigenvalue weighted by Crippen LogP contribution is -2.54. The van der Waals surface area contributed by atoms with Crippen LogP contribution in [0, 0.1) is 0 Å². The average Bonchev–Trinajstić information content (AvgIpc) is 2.84. The number of anilines is 1. The highest BCUT2D eigenvalue weighted by Gasteiger charge is 2.33. The molecule has 3 heterocycles. The zero-order valence-corrected chi connectivity index (χ0v) is 20.0. The molecule has 0 atom stereocenters. The van der Waals surface area contributed by atoms with E-state index in [1.165, 1.54) is 6.92 Å². The van der Waals surface area contributed by atoms with Crippen molar-refractivity contribution in [3.63, 3.8) is 0 Å². The molecule has 2 N–H and O–H groups in total. The van der Waals surface area contributed by atoms with Gasteiger partial charge in [-0.15, -0.1) is 5.10 Å². The third-order valence-electron chi connectivity index (χ3n) is 6.46. The van der Waals surface area contributed by atoms with Crippen LogP contribution in [-0.2, 0) is 9.59 Å². The summed E-state index contributed by atoms with van der Waals surface area (Å²) in [6.07, 6.45) is 2.56. The molecular formula is C23H30ClN7O3. The Hall–Kier alpha value is -2.82. The van der Waals surface area contributed by atoms with Crippen molar-refractivity contribution in [1.29, 1.82) is 0 Å². The highest BCUT2D eigenvalue weighted by atomic mass is 35.5. The number of benzene rings is 1. The number of piperidine rings is 1. The van der Waals surface area contributed by atoms with Gasteiger partial charge in [0.05, 0.1) is 24.0 Å². The number of aromatic nitrogens is 3. The predicted molar refractivity (Wildman–Crippen MR) is 128 cm³/mol. The zero-order valence-electron chi connectivity index (χ0n) is 19.3. The highest BCUT2D eigenvalue weighted by Crippen LogP contribution is 2.22. The van der Waals surface area contributed by atoms with Crippen molar-refractivity contribution in [3.8, 4) is 11.3 Å². The molecule has 0 saturated carbocycles. The molecule has 0 aliphatic carbocycles. The van der Waals surface area contributed by atoms with Gasteiger partial charge in [0.25, 0.3) is 0 Å². The maximum Gasteiger partial charge on any atom is 0.245 e. The van der Waals surface area contributed by atoms with Crippen LogP contribution in [0.1, 0.15) is 19.8 Å². The molecule has 4 rings (SSSR count). The van der Waals surface area contributed by atoms with Crippen LogP contribution in [0.3, 0.4) is 0 Å². The van der Waals surface area contributed by atoms with Gasteiger partial charge < -0.3 is 20.2 Å². The Morgan fingerprint density at radius 1 is 1.09 bits per heavy atom. The molecule has 2 aliphatic rings. The number of amides is 2. The van der Waals surface area contributed by atoms with Crippen LogP contribution in [0.4, 0.5) is 5.95 Å². The summed E-state index contributed by atoms with van der Waals surface area (Å²) in [6, 6.07) is 7.43. The molecule has 34 heavy (non-hydrogen) atoms. The fourth-order valence-corrected chi connectivity index (χ4v) is 4.36. The smallest absolute Gasteiger partial charge is 0.245 e. The largest absolute Gasteiger partial charge is 0.388 e. The minimum atomic E-state index is -0.959. The first-order chi connectivity index (χ1) is 16.3. The molecule has 182 valence electrons. The number of piperazine rings is 1. The summed E-state index contributed by atoms with van der Waals surface area (Å²) >= 11 is 5.97. The maximum absolute atomic E-state index is 12.5. The Morgan fingerprint density at radius 3 is 2.41 bits per heavy atom. The summed E-state index contributed by atoms with van der Waals surface area (Å²) in [5, 5.41) is 22.5. The Labute approximate surface area is 203 Å². The molecule has 1 aromatic carbocycles. The zero-order chi connectivity index (χ0) is 24.1. The molecule has 0 bridgehead atoms. The lowest BCUT2D eigenvalue weighted by molar-refractivity contribution is -0.134. The SMILES string of the molecule is CC(=O)N1CCC(O)(CNC(=O)CN2CCN(c3nncc(-c4ccc(Cl)cc4)n3)CC2)CC1. The van der Waals surface area contributed by atoms with E-state index in [0.29, 0.717) is 63.1 Å². The number of nitrogens with one attached hydrogen (secondary N) is 1. The minimum absolute atomic E-state index is 0.0168. The van der Waals surface area contributed by atoms with E-state index in [4.69, 9.17) is 11.6 Å². The summed E-state index contributed by atoms with van der Waals surface area (Å²) in [4.78, 5) is 34.4. The van der Waals surface area contributed by atoms with Gasteiger partial charge in [0, 0.05) is 63.3 Å². The van der Waals surface area contributed by atoms with Crippen LogP contribution < -0.4 is 10.2 Å². The summed E-state index contributed by atoms with van der Waals surface area (Å²) < 4.78 is 0. The lowest BCUT2D eigenvalue weighted by Gasteiger charge is -2.38. The number of rotatable bonds is 6. The molecule has 10 nitrogen and oxygen atoms in total. The van der Waals surface area contributed by atoms with Crippen molar-refractivity contribution in [1.82, 2.24) is 30.3 Å². The standard InChI is InChI=1S/C23H30ClN7O3/c1-17(32)30-8-6-23(34,7-9-30)16-25-21(33)15-29-10-12-31(13-11-29)22-27-20(14-26-28-22)18-2-4-19(24)5-3-18/h2-5,14,34H,6-13,15-16H2,1H3,(H,25,33). The van der Waals surface area contributed by atoms with Gasteiger partial charge in [-0.3, -0.25) is 14.5 Å².